The predicted octanol–water partition coefficient (Wildman–Crippen LogP) is 0.981. The summed E-state index contributed by atoms with van der Waals surface area (Å²) in [5.74, 6) is 0.268. The van der Waals surface area contributed by atoms with Gasteiger partial charge in [0.2, 0.25) is 0 Å². The smallest absolute Gasteiger partial charge is 0.341 e. The van der Waals surface area contributed by atoms with Gasteiger partial charge in [0.15, 0.2) is 0 Å². The van der Waals surface area contributed by atoms with Crippen molar-refractivity contribution < 1.29 is 9.53 Å². The van der Waals surface area contributed by atoms with E-state index >= 15 is 0 Å². The Morgan fingerprint density at radius 1 is 1.55 bits per heavy atom. The SMILES string of the molecule is CCC1CN(c2ncc(N)cc2C(=O)OC)CCN1C. The molecule has 0 bridgehead atoms. The normalized spacial score (nSPS) is 19.9. The maximum Gasteiger partial charge on any atom is 0.341 e. The van der Waals surface area contributed by atoms with Crippen molar-refractivity contribution in [1.82, 2.24) is 9.88 Å². The summed E-state index contributed by atoms with van der Waals surface area (Å²) < 4.78 is 4.83. The molecule has 0 amide bonds. The van der Waals surface area contributed by atoms with Gasteiger partial charge in [0.05, 0.1) is 19.0 Å². The first kappa shape index (κ1) is 14.6. The summed E-state index contributed by atoms with van der Waals surface area (Å²) in [6, 6.07) is 2.10. The van der Waals surface area contributed by atoms with Crippen molar-refractivity contribution in [2.45, 2.75) is 19.4 Å². The number of nitrogens with two attached hydrogens (primary N) is 1. The minimum absolute atomic E-state index is 0.397. The summed E-state index contributed by atoms with van der Waals surface area (Å²) in [5.41, 5.74) is 6.63. The van der Waals surface area contributed by atoms with Crippen LogP contribution in [0, 0.1) is 0 Å². The standard InChI is InChI=1S/C14H22N4O2/c1-4-11-9-18(6-5-17(11)2)13-12(14(19)20-3)7-10(15)8-16-13/h7-8,11H,4-6,9,15H2,1-3H3. The topological polar surface area (TPSA) is 71.7 Å². The van der Waals surface area contributed by atoms with Gasteiger partial charge < -0.3 is 15.4 Å². The molecule has 20 heavy (non-hydrogen) atoms. The quantitative estimate of drug-likeness (QED) is 0.831. The molecule has 6 nitrogen and oxygen atoms in total. The molecule has 2 N–H and O–H groups in total. The van der Waals surface area contributed by atoms with E-state index in [1.54, 1.807) is 12.3 Å². The average Bonchev–Trinajstić information content (AvgIpc) is 2.47. The fraction of sp³-hybridized carbons (Fsp3) is 0.571. The molecule has 1 aliphatic rings. The summed E-state index contributed by atoms with van der Waals surface area (Å²) in [6.45, 7) is 4.81. The lowest BCUT2D eigenvalue weighted by molar-refractivity contribution is 0.0600. The number of ether oxygens (including phenoxy) is 1. The lowest BCUT2D eigenvalue weighted by Gasteiger charge is -2.40. The Labute approximate surface area is 119 Å². The number of carbonyl (C=O) groups excluding carboxylic acids is 1. The Morgan fingerprint density at radius 3 is 2.95 bits per heavy atom. The van der Waals surface area contributed by atoms with Crippen LogP contribution in [0.15, 0.2) is 12.3 Å². The zero-order valence-corrected chi connectivity index (χ0v) is 12.3. The van der Waals surface area contributed by atoms with Crippen LogP contribution in [-0.2, 0) is 4.74 Å². The van der Waals surface area contributed by atoms with Gasteiger partial charge in [0, 0.05) is 25.7 Å². The number of carbonyl (C=O) groups is 1. The molecule has 1 aromatic rings. The van der Waals surface area contributed by atoms with Crippen LogP contribution < -0.4 is 10.6 Å². The number of methoxy groups -OCH3 is 1. The second-order valence-corrected chi connectivity index (χ2v) is 5.12. The fourth-order valence-corrected chi connectivity index (χ4v) is 2.57. The van der Waals surface area contributed by atoms with Gasteiger partial charge in [0.25, 0.3) is 0 Å². The largest absolute Gasteiger partial charge is 0.465 e. The zero-order chi connectivity index (χ0) is 14.7. The summed E-state index contributed by atoms with van der Waals surface area (Å²) in [7, 11) is 3.50. The molecule has 0 radical (unpaired) electrons. The Kier molecular flexibility index (Phi) is 4.44. The van der Waals surface area contributed by atoms with Gasteiger partial charge in [-0.15, -0.1) is 0 Å². The second kappa shape index (κ2) is 6.09. The number of rotatable bonds is 3. The number of anilines is 2. The molecule has 0 aliphatic carbocycles. The zero-order valence-electron chi connectivity index (χ0n) is 12.3. The van der Waals surface area contributed by atoms with Crippen molar-refractivity contribution in [2.24, 2.45) is 0 Å². The van der Waals surface area contributed by atoms with Crippen molar-refractivity contribution >= 4 is 17.5 Å². The summed E-state index contributed by atoms with van der Waals surface area (Å²) in [6.07, 6.45) is 2.65. The molecular formula is C14H22N4O2. The molecule has 1 aliphatic heterocycles. The lowest BCUT2D eigenvalue weighted by atomic mass is 10.1. The Bertz CT molecular complexity index is 492. The average molecular weight is 278 g/mol. The first-order chi connectivity index (χ1) is 9.56. The molecule has 110 valence electrons. The number of pyridine rings is 1. The van der Waals surface area contributed by atoms with Crippen LogP contribution in [0.4, 0.5) is 11.5 Å². The van der Waals surface area contributed by atoms with E-state index < -0.39 is 5.97 Å². The molecular weight excluding hydrogens is 256 g/mol. The number of aromatic nitrogens is 1. The van der Waals surface area contributed by atoms with Gasteiger partial charge in [0.1, 0.15) is 11.4 Å². The Balaban J connectivity index is 2.30. The highest BCUT2D eigenvalue weighted by atomic mass is 16.5. The fourth-order valence-electron chi connectivity index (χ4n) is 2.57. The number of piperazine rings is 1. The van der Waals surface area contributed by atoms with Crippen LogP contribution >= 0.6 is 0 Å². The molecule has 2 heterocycles. The van der Waals surface area contributed by atoms with Crippen LogP contribution in [0.1, 0.15) is 23.7 Å². The third-order valence-corrected chi connectivity index (χ3v) is 3.84. The van der Waals surface area contributed by atoms with E-state index in [9.17, 15) is 4.79 Å². The summed E-state index contributed by atoms with van der Waals surface area (Å²) in [5, 5.41) is 0. The number of esters is 1. The maximum absolute atomic E-state index is 11.9. The Hall–Kier alpha value is -1.82. The van der Waals surface area contributed by atoms with E-state index in [2.05, 4.69) is 28.8 Å². The lowest BCUT2D eigenvalue weighted by Crippen LogP contribution is -2.51. The molecule has 1 aromatic heterocycles. The van der Waals surface area contributed by atoms with Crippen LogP contribution in [0.3, 0.4) is 0 Å². The minimum Gasteiger partial charge on any atom is -0.465 e. The number of likely N-dealkylation sites (N-methyl/N-ethyl adjacent to an activating group) is 1. The minimum atomic E-state index is -0.397. The molecule has 0 spiro atoms. The molecule has 0 aromatic carbocycles. The van der Waals surface area contributed by atoms with Crippen LogP contribution in [0.25, 0.3) is 0 Å². The van der Waals surface area contributed by atoms with Crippen LogP contribution in [0.2, 0.25) is 0 Å². The second-order valence-electron chi connectivity index (χ2n) is 5.12. The first-order valence-electron chi connectivity index (χ1n) is 6.85. The van der Waals surface area contributed by atoms with Gasteiger partial charge in [-0.1, -0.05) is 6.92 Å². The molecule has 1 unspecified atom stereocenters. The number of nitrogen functional groups attached to an aromatic ring is 1. The van der Waals surface area contributed by atoms with Crippen LogP contribution in [-0.4, -0.2) is 55.7 Å². The molecule has 1 fully saturated rings. The van der Waals surface area contributed by atoms with Crippen molar-refractivity contribution in [3.05, 3.63) is 17.8 Å². The van der Waals surface area contributed by atoms with Crippen LogP contribution in [0.5, 0.6) is 0 Å². The molecule has 6 heteroatoms. The van der Waals surface area contributed by atoms with Crippen molar-refractivity contribution in [3.63, 3.8) is 0 Å². The van der Waals surface area contributed by atoms with Gasteiger partial charge in [-0.25, -0.2) is 9.78 Å². The summed E-state index contributed by atoms with van der Waals surface area (Å²) in [4.78, 5) is 20.7. The van der Waals surface area contributed by atoms with Gasteiger partial charge in [-0.2, -0.15) is 0 Å². The highest BCUT2D eigenvalue weighted by Gasteiger charge is 2.27. The number of hydrogen-bond donors (Lipinski definition) is 1. The molecule has 1 atom stereocenters. The van der Waals surface area contributed by atoms with Gasteiger partial charge in [-0.3, -0.25) is 4.90 Å². The monoisotopic (exact) mass is 278 g/mol. The van der Waals surface area contributed by atoms with Gasteiger partial charge >= 0.3 is 5.97 Å². The molecule has 0 saturated carbocycles. The van der Waals surface area contributed by atoms with E-state index in [-0.39, 0.29) is 0 Å². The number of hydrogen-bond acceptors (Lipinski definition) is 6. The first-order valence-corrected chi connectivity index (χ1v) is 6.85. The van der Waals surface area contributed by atoms with E-state index in [0.29, 0.717) is 23.1 Å². The van der Waals surface area contributed by atoms with E-state index in [1.807, 2.05) is 0 Å². The predicted molar refractivity (Wildman–Crippen MR) is 78.9 cm³/mol. The highest BCUT2D eigenvalue weighted by Crippen LogP contribution is 2.24. The Morgan fingerprint density at radius 2 is 2.30 bits per heavy atom. The molecule has 2 rings (SSSR count). The highest BCUT2D eigenvalue weighted by molar-refractivity contribution is 5.95. The van der Waals surface area contributed by atoms with Crippen molar-refractivity contribution in [2.75, 3.05) is 44.4 Å². The summed E-state index contributed by atoms with van der Waals surface area (Å²) >= 11 is 0. The van der Waals surface area contributed by atoms with E-state index in [0.717, 1.165) is 26.1 Å². The maximum atomic E-state index is 11.9. The third kappa shape index (κ3) is 2.85. The van der Waals surface area contributed by atoms with E-state index in [1.165, 1.54) is 7.11 Å². The van der Waals surface area contributed by atoms with Crippen molar-refractivity contribution in [3.8, 4) is 0 Å². The molecule has 1 saturated heterocycles. The van der Waals surface area contributed by atoms with Gasteiger partial charge in [-0.05, 0) is 19.5 Å². The number of nitrogens with zero attached hydrogens (tertiary/aromatic N) is 3. The third-order valence-electron chi connectivity index (χ3n) is 3.84. The van der Waals surface area contributed by atoms with E-state index in [4.69, 9.17) is 10.5 Å². The van der Waals surface area contributed by atoms with Crippen molar-refractivity contribution in [1.29, 1.82) is 0 Å².